The zero-order chi connectivity index (χ0) is 24.9. The molecule has 0 radical (unpaired) electrons. The number of carbonyl (C=O) groups excluding carboxylic acids is 2. The number of hydrogen-bond donors (Lipinski definition) is 0. The van der Waals surface area contributed by atoms with Gasteiger partial charge in [-0.15, -0.1) is 0 Å². The third-order valence-electron chi connectivity index (χ3n) is 5.05. The standard InChI is InChI=1S/C26H20Cl3NO4S/c1-2-33-23-12-16(7-9-22(23)34-15-18-6-8-20(28)21(29)11-18)13-24-25(31)30(26(32)35-24)14-17-4-3-5-19(27)10-17/h3-13H,2,14-15H2,1H3/b24-13-. The van der Waals surface area contributed by atoms with Crippen LogP contribution in [0.5, 0.6) is 11.5 Å². The Labute approximate surface area is 222 Å². The summed E-state index contributed by atoms with van der Waals surface area (Å²) >= 11 is 19.0. The minimum absolute atomic E-state index is 0.161. The minimum atomic E-state index is -0.349. The molecule has 35 heavy (non-hydrogen) atoms. The van der Waals surface area contributed by atoms with Gasteiger partial charge < -0.3 is 9.47 Å². The van der Waals surface area contributed by atoms with E-state index in [0.29, 0.717) is 43.6 Å². The van der Waals surface area contributed by atoms with Crippen LogP contribution < -0.4 is 9.47 Å². The highest BCUT2D eigenvalue weighted by Crippen LogP contribution is 2.36. The fourth-order valence-corrected chi connectivity index (χ4v) is 4.77. The lowest BCUT2D eigenvalue weighted by Crippen LogP contribution is -2.27. The fraction of sp³-hybridized carbons (Fsp3) is 0.154. The number of halogens is 3. The molecule has 3 aromatic carbocycles. The highest BCUT2D eigenvalue weighted by molar-refractivity contribution is 8.18. The quantitative estimate of drug-likeness (QED) is 0.268. The van der Waals surface area contributed by atoms with Crippen LogP contribution in [0.1, 0.15) is 23.6 Å². The van der Waals surface area contributed by atoms with E-state index in [9.17, 15) is 9.59 Å². The molecule has 1 aliphatic heterocycles. The molecule has 1 fully saturated rings. The summed E-state index contributed by atoms with van der Waals surface area (Å²) in [6, 6.07) is 17.7. The normalized spacial score (nSPS) is 14.6. The van der Waals surface area contributed by atoms with Gasteiger partial charge in [0.05, 0.1) is 28.1 Å². The highest BCUT2D eigenvalue weighted by atomic mass is 35.5. The summed E-state index contributed by atoms with van der Waals surface area (Å²) < 4.78 is 11.7. The SMILES string of the molecule is CCOc1cc(/C=C2\SC(=O)N(Cc3cccc(Cl)c3)C2=O)ccc1OCc1ccc(Cl)c(Cl)c1. The Morgan fingerprint density at radius 1 is 0.886 bits per heavy atom. The van der Waals surface area contributed by atoms with E-state index in [-0.39, 0.29) is 24.3 Å². The largest absolute Gasteiger partial charge is 0.490 e. The Morgan fingerprint density at radius 3 is 2.46 bits per heavy atom. The van der Waals surface area contributed by atoms with Crippen LogP contribution >= 0.6 is 46.6 Å². The van der Waals surface area contributed by atoms with Crippen molar-refractivity contribution in [2.45, 2.75) is 20.1 Å². The second-order valence-corrected chi connectivity index (χ2v) is 9.82. The second-order valence-electron chi connectivity index (χ2n) is 7.57. The van der Waals surface area contributed by atoms with Gasteiger partial charge >= 0.3 is 0 Å². The lowest BCUT2D eigenvalue weighted by atomic mass is 10.1. The predicted molar refractivity (Wildman–Crippen MR) is 141 cm³/mol. The van der Waals surface area contributed by atoms with E-state index in [1.54, 1.807) is 54.6 Å². The molecule has 180 valence electrons. The van der Waals surface area contributed by atoms with Gasteiger partial charge in [-0.3, -0.25) is 14.5 Å². The van der Waals surface area contributed by atoms with Gasteiger partial charge in [0.1, 0.15) is 6.61 Å². The van der Waals surface area contributed by atoms with Gasteiger partial charge in [0.25, 0.3) is 11.1 Å². The van der Waals surface area contributed by atoms with Gasteiger partial charge in [-0.1, -0.05) is 59.1 Å². The molecule has 3 aromatic rings. The van der Waals surface area contributed by atoms with Crippen LogP contribution in [0, 0.1) is 0 Å². The zero-order valence-electron chi connectivity index (χ0n) is 18.6. The Bertz CT molecular complexity index is 1310. The van der Waals surface area contributed by atoms with E-state index in [2.05, 4.69) is 0 Å². The van der Waals surface area contributed by atoms with E-state index in [1.165, 1.54) is 4.90 Å². The van der Waals surface area contributed by atoms with Crippen LogP contribution in [0.2, 0.25) is 15.1 Å². The molecule has 0 saturated carbocycles. The van der Waals surface area contributed by atoms with Crippen LogP contribution in [0.15, 0.2) is 65.6 Å². The molecule has 0 spiro atoms. The van der Waals surface area contributed by atoms with Gasteiger partial charge in [0, 0.05) is 5.02 Å². The lowest BCUT2D eigenvalue weighted by molar-refractivity contribution is -0.123. The molecule has 1 aliphatic rings. The van der Waals surface area contributed by atoms with Crippen molar-refractivity contribution >= 4 is 63.8 Å². The Kier molecular flexibility index (Phi) is 8.29. The molecule has 0 unspecified atom stereocenters. The van der Waals surface area contributed by atoms with E-state index in [0.717, 1.165) is 22.9 Å². The molecule has 5 nitrogen and oxygen atoms in total. The number of thioether (sulfide) groups is 1. The van der Waals surface area contributed by atoms with Crippen molar-refractivity contribution < 1.29 is 19.1 Å². The molecule has 2 amide bonds. The first kappa shape index (κ1) is 25.5. The van der Waals surface area contributed by atoms with Gasteiger partial charge in [-0.25, -0.2) is 0 Å². The van der Waals surface area contributed by atoms with Crippen LogP contribution in [0.25, 0.3) is 6.08 Å². The number of ether oxygens (including phenoxy) is 2. The van der Waals surface area contributed by atoms with Crippen molar-refractivity contribution in [2.24, 2.45) is 0 Å². The molecular weight excluding hydrogens is 529 g/mol. The summed E-state index contributed by atoms with van der Waals surface area (Å²) in [5.41, 5.74) is 2.35. The summed E-state index contributed by atoms with van der Waals surface area (Å²) in [7, 11) is 0. The number of rotatable bonds is 8. The molecule has 0 bridgehead atoms. The maximum Gasteiger partial charge on any atom is 0.293 e. The predicted octanol–water partition coefficient (Wildman–Crippen LogP) is 7.86. The van der Waals surface area contributed by atoms with Crippen molar-refractivity contribution in [1.82, 2.24) is 4.90 Å². The first-order chi connectivity index (χ1) is 16.8. The maximum atomic E-state index is 12.9. The number of imide groups is 1. The topological polar surface area (TPSA) is 55.8 Å². The van der Waals surface area contributed by atoms with E-state index in [4.69, 9.17) is 44.3 Å². The Balaban J connectivity index is 1.50. The van der Waals surface area contributed by atoms with Crippen LogP contribution in [-0.4, -0.2) is 22.7 Å². The number of hydrogen-bond acceptors (Lipinski definition) is 5. The first-order valence-corrected chi connectivity index (χ1v) is 12.6. The molecule has 0 atom stereocenters. The summed E-state index contributed by atoms with van der Waals surface area (Å²) in [4.78, 5) is 26.9. The van der Waals surface area contributed by atoms with Crippen LogP contribution in [0.4, 0.5) is 4.79 Å². The van der Waals surface area contributed by atoms with Crippen molar-refractivity contribution in [2.75, 3.05) is 6.61 Å². The minimum Gasteiger partial charge on any atom is -0.490 e. The first-order valence-electron chi connectivity index (χ1n) is 10.7. The average Bonchev–Trinajstić information content (AvgIpc) is 3.08. The highest BCUT2D eigenvalue weighted by Gasteiger charge is 2.35. The molecule has 0 aliphatic carbocycles. The van der Waals surface area contributed by atoms with E-state index < -0.39 is 0 Å². The summed E-state index contributed by atoms with van der Waals surface area (Å²) in [5.74, 6) is 0.724. The average molecular weight is 549 g/mol. The van der Waals surface area contributed by atoms with Crippen LogP contribution in [-0.2, 0) is 17.9 Å². The summed E-state index contributed by atoms with van der Waals surface area (Å²) in [5, 5.41) is 1.16. The van der Waals surface area contributed by atoms with Crippen molar-refractivity contribution in [3.8, 4) is 11.5 Å². The van der Waals surface area contributed by atoms with E-state index >= 15 is 0 Å². The number of amides is 2. The lowest BCUT2D eigenvalue weighted by Gasteiger charge is -2.13. The van der Waals surface area contributed by atoms with Crippen molar-refractivity contribution in [1.29, 1.82) is 0 Å². The van der Waals surface area contributed by atoms with Crippen molar-refractivity contribution in [3.63, 3.8) is 0 Å². The number of benzene rings is 3. The Hall–Kier alpha value is -2.64. The molecule has 1 heterocycles. The summed E-state index contributed by atoms with van der Waals surface area (Å²) in [6.07, 6.45) is 1.67. The Morgan fingerprint density at radius 2 is 1.71 bits per heavy atom. The molecular formula is C26H20Cl3NO4S. The molecule has 0 aromatic heterocycles. The van der Waals surface area contributed by atoms with Gasteiger partial charge in [0.15, 0.2) is 11.5 Å². The molecule has 1 saturated heterocycles. The fourth-order valence-electron chi connectivity index (χ4n) is 3.40. The molecule has 9 heteroatoms. The molecule has 4 rings (SSSR count). The zero-order valence-corrected chi connectivity index (χ0v) is 21.7. The molecule has 0 N–H and O–H groups in total. The van der Waals surface area contributed by atoms with E-state index in [1.807, 2.05) is 19.1 Å². The van der Waals surface area contributed by atoms with Gasteiger partial charge in [-0.05, 0) is 77.9 Å². The van der Waals surface area contributed by atoms with Crippen molar-refractivity contribution in [3.05, 3.63) is 97.3 Å². The maximum absolute atomic E-state index is 12.9. The monoisotopic (exact) mass is 547 g/mol. The van der Waals surface area contributed by atoms with Gasteiger partial charge in [-0.2, -0.15) is 0 Å². The second kappa shape index (κ2) is 11.4. The van der Waals surface area contributed by atoms with Gasteiger partial charge in [0.2, 0.25) is 0 Å². The summed E-state index contributed by atoms with van der Waals surface area (Å²) in [6.45, 7) is 2.74. The van der Waals surface area contributed by atoms with Crippen LogP contribution in [0.3, 0.4) is 0 Å². The number of carbonyl (C=O) groups is 2. The third kappa shape index (κ3) is 6.33. The smallest absolute Gasteiger partial charge is 0.293 e. The number of nitrogens with zero attached hydrogens (tertiary/aromatic N) is 1. The third-order valence-corrected chi connectivity index (χ3v) is 6.93.